The molecular weight excluding hydrogens is 166 g/mol. The van der Waals surface area contributed by atoms with Gasteiger partial charge in [-0.05, 0) is 0 Å². The van der Waals surface area contributed by atoms with Crippen LogP contribution in [0.25, 0.3) is 0 Å². The molecule has 1 aliphatic heterocycles. The maximum Gasteiger partial charge on any atom is 0.356 e. The van der Waals surface area contributed by atoms with Gasteiger partial charge in [0.25, 0.3) is 5.82 Å². The molecule has 0 bridgehead atoms. The van der Waals surface area contributed by atoms with E-state index in [9.17, 15) is 10.1 Å². The zero-order valence-corrected chi connectivity index (χ0v) is 5.74. The lowest BCUT2D eigenvalue weighted by atomic mass is 10.4. The van der Waals surface area contributed by atoms with Crippen molar-refractivity contribution in [2.45, 2.75) is 0 Å². The normalized spacial score (nSPS) is 18.0. The van der Waals surface area contributed by atoms with Crippen LogP contribution in [0.1, 0.15) is 0 Å². The van der Waals surface area contributed by atoms with Crippen LogP contribution < -0.4 is 16.7 Å². The van der Waals surface area contributed by atoms with Crippen molar-refractivity contribution in [2.75, 3.05) is 0 Å². The number of rotatable bonds is 2. The van der Waals surface area contributed by atoms with Crippen LogP contribution in [0.15, 0.2) is 21.9 Å². The van der Waals surface area contributed by atoms with Crippen molar-refractivity contribution in [3.05, 3.63) is 21.6 Å². The smallest absolute Gasteiger partial charge is 0.356 e. The van der Waals surface area contributed by atoms with Crippen LogP contribution in [0.3, 0.4) is 0 Å². The molecule has 0 aromatic carbocycles. The van der Waals surface area contributed by atoms with E-state index in [1.807, 2.05) is 0 Å². The molecular formula is C3H5N7O2. The predicted octanol–water partition coefficient (Wildman–Crippen LogP) is -1.16. The molecule has 0 aromatic rings. The Morgan fingerprint density at radius 3 is 2.75 bits per heavy atom. The summed E-state index contributed by atoms with van der Waals surface area (Å²) in [5.74, 6) is -0.849. The summed E-state index contributed by atoms with van der Waals surface area (Å²) in [5, 5.41) is 23.6. The van der Waals surface area contributed by atoms with E-state index in [2.05, 4.69) is 21.3 Å². The monoisotopic (exact) mass is 171 g/mol. The minimum Gasteiger partial charge on any atom is -0.378 e. The molecule has 1 rings (SSSR count). The maximum atomic E-state index is 10.3. The van der Waals surface area contributed by atoms with Gasteiger partial charge in [-0.3, -0.25) is 20.9 Å². The zero-order valence-electron chi connectivity index (χ0n) is 5.74. The van der Waals surface area contributed by atoms with E-state index < -0.39 is 16.5 Å². The SMILES string of the molecule is N=C(N)C(=C1N=NNN1)[N+](=O)[O-]. The highest BCUT2D eigenvalue weighted by Crippen LogP contribution is 2.05. The van der Waals surface area contributed by atoms with Gasteiger partial charge < -0.3 is 5.73 Å². The first kappa shape index (κ1) is 7.91. The summed E-state index contributed by atoms with van der Waals surface area (Å²) in [5.41, 5.74) is 8.73. The van der Waals surface area contributed by atoms with Gasteiger partial charge in [0.2, 0.25) is 0 Å². The molecule has 64 valence electrons. The lowest BCUT2D eigenvalue weighted by Gasteiger charge is -1.96. The highest BCUT2D eigenvalue weighted by molar-refractivity contribution is 5.92. The molecule has 0 radical (unpaired) electrons. The Kier molecular flexibility index (Phi) is 1.86. The predicted molar refractivity (Wildman–Crippen MR) is 37.1 cm³/mol. The van der Waals surface area contributed by atoms with Crippen LogP contribution in [0.5, 0.6) is 0 Å². The van der Waals surface area contributed by atoms with Gasteiger partial charge in [-0.2, -0.15) is 0 Å². The van der Waals surface area contributed by atoms with Crippen molar-refractivity contribution >= 4 is 5.84 Å². The summed E-state index contributed by atoms with van der Waals surface area (Å²) >= 11 is 0. The quantitative estimate of drug-likeness (QED) is 0.179. The lowest BCUT2D eigenvalue weighted by Crippen LogP contribution is -2.27. The molecule has 0 spiro atoms. The summed E-state index contributed by atoms with van der Waals surface area (Å²) < 4.78 is 0. The zero-order chi connectivity index (χ0) is 9.14. The Bertz CT molecular complexity index is 275. The fourth-order valence-corrected chi connectivity index (χ4v) is 0.597. The average Bonchev–Trinajstić information content (AvgIpc) is 2.37. The molecule has 0 unspecified atom stereocenters. The number of nitro groups is 1. The van der Waals surface area contributed by atoms with E-state index in [0.717, 1.165) is 0 Å². The van der Waals surface area contributed by atoms with E-state index in [-0.39, 0.29) is 5.82 Å². The summed E-state index contributed by atoms with van der Waals surface area (Å²) in [7, 11) is 0. The second-order valence-corrected chi connectivity index (χ2v) is 1.80. The maximum absolute atomic E-state index is 10.3. The van der Waals surface area contributed by atoms with Gasteiger partial charge in [0.1, 0.15) is 0 Å². The molecule has 0 atom stereocenters. The minimum atomic E-state index is -0.809. The average molecular weight is 171 g/mol. The van der Waals surface area contributed by atoms with E-state index >= 15 is 0 Å². The first-order valence-corrected chi connectivity index (χ1v) is 2.77. The number of nitrogens with two attached hydrogens (primary N) is 1. The van der Waals surface area contributed by atoms with Crippen molar-refractivity contribution < 1.29 is 4.92 Å². The van der Waals surface area contributed by atoms with Crippen molar-refractivity contribution in [2.24, 2.45) is 16.1 Å². The number of nitrogens with one attached hydrogen (secondary N) is 3. The van der Waals surface area contributed by atoms with Gasteiger partial charge in [0.05, 0.1) is 4.92 Å². The van der Waals surface area contributed by atoms with Crippen LogP contribution in [-0.4, -0.2) is 10.8 Å². The Morgan fingerprint density at radius 1 is 1.75 bits per heavy atom. The van der Waals surface area contributed by atoms with E-state index in [1.165, 1.54) is 0 Å². The van der Waals surface area contributed by atoms with Gasteiger partial charge in [-0.15, -0.1) is 5.11 Å². The lowest BCUT2D eigenvalue weighted by molar-refractivity contribution is -0.416. The highest BCUT2D eigenvalue weighted by atomic mass is 16.6. The molecule has 0 fully saturated rings. The Morgan fingerprint density at radius 2 is 2.42 bits per heavy atom. The molecule has 0 saturated heterocycles. The van der Waals surface area contributed by atoms with E-state index in [1.54, 1.807) is 0 Å². The Hall–Kier alpha value is -2.19. The molecule has 1 aliphatic rings. The summed E-state index contributed by atoms with van der Waals surface area (Å²) in [6.07, 6.45) is 0. The molecule has 9 heteroatoms. The molecule has 0 aliphatic carbocycles. The number of nitrogens with zero attached hydrogens (tertiary/aromatic N) is 3. The summed E-state index contributed by atoms with van der Waals surface area (Å²) in [4.78, 5) is 9.48. The first-order valence-electron chi connectivity index (χ1n) is 2.77. The fourth-order valence-electron chi connectivity index (χ4n) is 0.597. The first-order chi connectivity index (χ1) is 5.63. The molecule has 0 aromatic heterocycles. The van der Waals surface area contributed by atoms with E-state index in [4.69, 9.17) is 11.1 Å². The highest BCUT2D eigenvalue weighted by Gasteiger charge is 2.24. The third-order valence-corrected chi connectivity index (χ3v) is 1.04. The molecule has 1 heterocycles. The topological polar surface area (TPSA) is 142 Å². The Labute approximate surface area is 65.9 Å². The second-order valence-electron chi connectivity index (χ2n) is 1.80. The van der Waals surface area contributed by atoms with E-state index in [0.29, 0.717) is 0 Å². The summed E-state index contributed by atoms with van der Waals surface area (Å²) in [6.45, 7) is 0. The second kappa shape index (κ2) is 2.82. The van der Waals surface area contributed by atoms with Gasteiger partial charge >= 0.3 is 5.70 Å². The van der Waals surface area contributed by atoms with Crippen molar-refractivity contribution in [1.29, 1.82) is 5.41 Å². The van der Waals surface area contributed by atoms with Crippen LogP contribution in [-0.2, 0) is 0 Å². The van der Waals surface area contributed by atoms with Gasteiger partial charge in [-0.25, -0.2) is 5.53 Å². The van der Waals surface area contributed by atoms with Crippen molar-refractivity contribution in [3.63, 3.8) is 0 Å². The van der Waals surface area contributed by atoms with Crippen LogP contribution in [0.4, 0.5) is 0 Å². The van der Waals surface area contributed by atoms with Crippen molar-refractivity contribution in [3.8, 4) is 0 Å². The third-order valence-electron chi connectivity index (χ3n) is 1.04. The Balaban J connectivity index is 3.06. The molecule has 5 N–H and O–H groups in total. The molecule has 0 amide bonds. The number of hydrogen-bond donors (Lipinski definition) is 4. The number of hydrazine groups is 1. The van der Waals surface area contributed by atoms with Crippen LogP contribution in [0, 0.1) is 15.5 Å². The molecule has 0 saturated carbocycles. The van der Waals surface area contributed by atoms with Gasteiger partial charge in [-0.1, -0.05) is 5.22 Å². The molecule has 9 nitrogen and oxygen atoms in total. The standard InChI is InChI=1S/C3H5N7O2/c4-2(5)1(10(11)12)3-6-8-9-7-3/h(H3,4,5)(H,6,9)(H,7,8). The third kappa shape index (κ3) is 1.28. The van der Waals surface area contributed by atoms with Gasteiger partial charge in [0.15, 0.2) is 5.84 Å². The number of hydrogen-bond acceptors (Lipinski definition) is 7. The van der Waals surface area contributed by atoms with Crippen molar-refractivity contribution in [1.82, 2.24) is 11.0 Å². The fraction of sp³-hybridized carbons (Fsp3) is 0. The van der Waals surface area contributed by atoms with Gasteiger partial charge in [0, 0.05) is 0 Å². The summed E-state index contributed by atoms with van der Waals surface area (Å²) in [6, 6.07) is 0. The largest absolute Gasteiger partial charge is 0.378 e. The van der Waals surface area contributed by atoms with Crippen LogP contribution in [0.2, 0.25) is 0 Å². The molecule has 12 heavy (non-hydrogen) atoms. The minimum absolute atomic E-state index is 0.174. The van der Waals surface area contributed by atoms with Crippen LogP contribution >= 0.6 is 0 Å². The number of amidine groups is 1.